The normalized spacial score (nSPS) is 23.3. The molecule has 1 fully saturated rings. The highest BCUT2D eigenvalue weighted by molar-refractivity contribution is 5.14. The highest BCUT2D eigenvalue weighted by atomic mass is 15.0. The molecule has 1 aliphatic heterocycles. The van der Waals surface area contributed by atoms with E-state index in [-0.39, 0.29) is 0 Å². The Hall–Kier alpha value is -0.760. The van der Waals surface area contributed by atoms with Gasteiger partial charge in [-0.2, -0.15) is 0 Å². The minimum Gasteiger partial charge on any atom is -0.351 e. The second-order valence-corrected chi connectivity index (χ2v) is 3.76. The van der Waals surface area contributed by atoms with E-state index in [2.05, 4.69) is 35.1 Å². The second-order valence-electron chi connectivity index (χ2n) is 3.76. The lowest BCUT2D eigenvalue weighted by atomic mass is 9.96. The maximum Gasteiger partial charge on any atom is 0.0218 e. The fourth-order valence-electron chi connectivity index (χ4n) is 2.19. The van der Waals surface area contributed by atoms with Crippen LogP contribution < -0.4 is 5.32 Å². The quantitative estimate of drug-likeness (QED) is 0.732. The van der Waals surface area contributed by atoms with Crippen LogP contribution in [0.3, 0.4) is 0 Å². The first-order valence-corrected chi connectivity index (χ1v) is 5.27. The van der Waals surface area contributed by atoms with Crippen molar-refractivity contribution in [1.29, 1.82) is 0 Å². The Bertz CT molecular complexity index is 259. The molecule has 1 N–H and O–H groups in total. The van der Waals surface area contributed by atoms with Crippen molar-refractivity contribution in [3.63, 3.8) is 0 Å². The van der Waals surface area contributed by atoms with Crippen LogP contribution in [0.25, 0.3) is 0 Å². The molecule has 0 radical (unpaired) electrons. The zero-order chi connectivity index (χ0) is 9.10. The van der Waals surface area contributed by atoms with E-state index < -0.39 is 0 Å². The third-order valence-corrected chi connectivity index (χ3v) is 2.92. The summed E-state index contributed by atoms with van der Waals surface area (Å²) in [5.41, 5.74) is 1.51. The Morgan fingerprint density at radius 1 is 1.62 bits per heavy atom. The fourth-order valence-corrected chi connectivity index (χ4v) is 2.19. The van der Waals surface area contributed by atoms with Gasteiger partial charge in [0.15, 0.2) is 0 Å². The number of aryl methyl sites for hydroxylation is 1. The topological polar surface area (TPSA) is 17.0 Å². The molecule has 1 unspecified atom stereocenters. The van der Waals surface area contributed by atoms with Crippen molar-refractivity contribution in [3.05, 3.63) is 24.0 Å². The SMILES string of the molecule is CCn1cccc1C1CCCNC1. The summed E-state index contributed by atoms with van der Waals surface area (Å²) < 4.78 is 2.36. The van der Waals surface area contributed by atoms with Crippen LogP contribution in [0.4, 0.5) is 0 Å². The summed E-state index contributed by atoms with van der Waals surface area (Å²) in [6.07, 6.45) is 4.85. The Morgan fingerprint density at radius 2 is 2.54 bits per heavy atom. The minimum absolute atomic E-state index is 0.740. The number of nitrogens with zero attached hydrogens (tertiary/aromatic N) is 1. The highest BCUT2D eigenvalue weighted by Crippen LogP contribution is 2.23. The van der Waals surface area contributed by atoms with Crippen LogP contribution in [0.15, 0.2) is 18.3 Å². The molecule has 0 amide bonds. The van der Waals surface area contributed by atoms with Gasteiger partial charge >= 0.3 is 0 Å². The van der Waals surface area contributed by atoms with Gasteiger partial charge in [-0.15, -0.1) is 0 Å². The molecule has 0 spiro atoms. The first-order valence-electron chi connectivity index (χ1n) is 5.27. The maximum atomic E-state index is 3.46. The first kappa shape index (κ1) is 8.82. The van der Waals surface area contributed by atoms with Crippen LogP contribution in [0.1, 0.15) is 31.4 Å². The molecule has 1 aromatic rings. The van der Waals surface area contributed by atoms with Crippen LogP contribution in [0.2, 0.25) is 0 Å². The summed E-state index contributed by atoms with van der Waals surface area (Å²) >= 11 is 0. The smallest absolute Gasteiger partial charge is 0.0218 e. The highest BCUT2D eigenvalue weighted by Gasteiger charge is 2.17. The van der Waals surface area contributed by atoms with E-state index in [4.69, 9.17) is 0 Å². The molecular weight excluding hydrogens is 160 g/mol. The summed E-state index contributed by atoms with van der Waals surface area (Å²) in [6.45, 7) is 5.66. The van der Waals surface area contributed by atoms with E-state index in [1.165, 1.54) is 25.1 Å². The zero-order valence-electron chi connectivity index (χ0n) is 8.29. The number of nitrogens with one attached hydrogen (secondary N) is 1. The maximum absolute atomic E-state index is 3.46. The number of hydrogen-bond donors (Lipinski definition) is 1. The first-order chi connectivity index (χ1) is 6.42. The molecule has 2 nitrogen and oxygen atoms in total. The third kappa shape index (κ3) is 1.78. The van der Waals surface area contributed by atoms with E-state index in [1.807, 2.05) is 0 Å². The second kappa shape index (κ2) is 3.97. The fraction of sp³-hybridized carbons (Fsp3) is 0.636. The predicted octanol–water partition coefficient (Wildman–Crippen LogP) is 1.97. The van der Waals surface area contributed by atoms with Crippen molar-refractivity contribution in [2.24, 2.45) is 0 Å². The number of aromatic nitrogens is 1. The van der Waals surface area contributed by atoms with E-state index in [0.29, 0.717) is 0 Å². The van der Waals surface area contributed by atoms with Gasteiger partial charge < -0.3 is 9.88 Å². The van der Waals surface area contributed by atoms with E-state index in [9.17, 15) is 0 Å². The van der Waals surface area contributed by atoms with Gasteiger partial charge in [0.05, 0.1) is 0 Å². The summed E-state index contributed by atoms with van der Waals surface area (Å²) in [4.78, 5) is 0. The predicted molar refractivity (Wildman–Crippen MR) is 55.0 cm³/mol. The van der Waals surface area contributed by atoms with Crippen molar-refractivity contribution >= 4 is 0 Å². The Kier molecular flexibility index (Phi) is 2.69. The van der Waals surface area contributed by atoms with Gasteiger partial charge in [-0.3, -0.25) is 0 Å². The largest absolute Gasteiger partial charge is 0.351 e. The molecule has 2 heterocycles. The van der Waals surface area contributed by atoms with Crippen LogP contribution in [0.5, 0.6) is 0 Å². The molecule has 0 aliphatic carbocycles. The summed E-state index contributed by atoms with van der Waals surface area (Å²) in [5.74, 6) is 0.740. The Labute approximate surface area is 79.9 Å². The zero-order valence-corrected chi connectivity index (χ0v) is 8.29. The molecule has 0 bridgehead atoms. The lowest BCUT2D eigenvalue weighted by molar-refractivity contribution is 0.442. The van der Waals surface area contributed by atoms with Gasteiger partial charge in [-0.1, -0.05) is 0 Å². The van der Waals surface area contributed by atoms with E-state index in [0.717, 1.165) is 19.0 Å². The van der Waals surface area contributed by atoms with Gasteiger partial charge in [-0.05, 0) is 38.4 Å². The third-order valence-electron chi connectivity index (χ3n) is 2.92. The van der Waals surface area contributed by atoms with Crippen LogP contribution >= 0.6 is 0 Å². The van der Waals surface area contributed by atoms with Gasteiger partial charge in [0.25, 0.3) is 0 Å². The molecule has 1 aliphatic rings. The molecular formula is C11H18N2. The van der Waals surface area contributed by atoms with Crippen molar-refractivity contribution in [1.82, 2.24) is 9.88 Å². The van der Waals surface area contributed by atoms with Crippen molar-refractivity contribution in [2.45, 2.75) is 32.2 Å². The molecule has 2 heteroatoms. The molecule has 72 valence electrons. The number of rotatable bonds is 2. The van der Waals surface area contributed by atoms with Gasteiger partial charge in [-0.25, -0.2) is 0 Å². The average molecular weight is 178 g/mol. The Balaban J connectivity index is 2.13. The molecule has 0 saturated carbocycles. The van der Waals surface area contributed by atoms with Crippen molar-refractivity contribution in [3.8, 4) is 0 Å². The molecule has 1 atom stereocenters. The lowest BCUT2D eigenvalue weighted by Crippen LogP contribution is -2.29. The van der Waals surface area contributed by atoms with Gasteiger partial charge in [0, 0.05) is 30.9 Å². The van der Waals surface area contributed by atoms with Crippen LogP contribution in [0, 0.1) is 0 Å². The summed E-state index contributed by atoms with van der Waals surface area (Å²) in [7, 11) is 0. The molecule has 1 saturated heterocycles. The number of piperidine rings is 1. The molecule has 0 aromatic carbocycles. The van der Waals surface area contributed by atoms with Gasteiger partial charge in [0.1, 0.15) is 0 Å². The van der Waals surface area contributed by atoms with Crippen molar-refractivity contribution in [2.75, 3.05) is 13.1 Å². The van der Waals surface area contributed by atoms with Gasteiger partial charge in [0.2, 0.25) is 0 Å². The molecule has 2 rings (SSSR count). The Morgan fingerprint density at radius 3 is 3.23 bits per heavy atom. The van der Waals surface area contributed by atoms with Crippen molar-refractivity contribution < 1.29 is 0 Å². The van der Waals surface area contributed by atoms with E-state index in [1.54, 1.807) is 0 Å². The molecule has 13 heavy (non-hydrogen) atoms. The summed E-state index contributed by atoms with van der Waals surface area (Å²) in [5, 5.41) is 3.46. The minimum atomic E-state index is 0.740. The van der Waals surface area contributed by atoms with Crippen LogP contribution in [-0.2, 0) is 6.54 Å². The molecule has 1 aromatic heterocycles. The monoisotopic (exact) mass is 178 g/mol. The lowest BCUT2D eigenvalue weighted by Gasteiger charge is -2.24. The number of hydrogen-bond acceptors (Lipinski definition) is 1. The standard InChI is InChI=1S/C11H18N2/c1-2-13-8-4-6-11(13)10-5-3-7-12-9-10/h4,6,8,10,12H,2-3,5,7,9H2,1H3. The summed E-state index contributed by atoms with van der Waals surface area (Å²) in [6, 6.07) is 4.43. The van der Waals surface area contributed by atoms with E-state index >= 15 is 0 Å². The van der Waals surface area contributed by atoms with Crippen LogP contribution in [-0.4, -0.2) is 17.7 Å². The average Bonchev–Trinajstić information content (AvgIpc) is 2.67.